The maximum Gasteiger partial charge on any atom is 0.338 e. The Labute approximate surface area is 372 Å². The predicted molar refractivity (Wildman–Crippen MR) is 234 cm³/mol. The first-order valence-corrected chi connectivity index (χ1v) is 24.0. The molecule has 2 aromatic rings. The van der Waals surface area contributed by atoms with E-state index in [9.17, 15) is 19.2 Å². The number of ether oxygens (including phenoxy) is 4. The lowest BCUT2D eigenvalue weighted by molar-refractivity contribution is -0.253. The van der Waals surface area contributed by atoms with Crippen molar-refractivity contribution in [2.24, 2.45) is 45.3 Å². The number of halogens is 2. The van der Waals surface area contributed by atoms with E-state index in [2.05, 4.69) is 59.6 Å². The van der Waals surface area contributed by atoms with Gasteiger partial charge in [-0.1, -0.05) is 59.6 Å². The highest BCUT2D eigenvalue weighted by molar-refractivity contribution is 9.10. The highest BCUT2D eigenvalue weighted by Gasteiger charge is 2.75. The normalized spacial score (nSPS) is 40.6. The van der Waals surface area contributed by atoms with E-state index in [0.29, 0.717) is 61.5 Å². The van der Waals surface area contributed by atoms with Crippen LogP contribution in [0.1, 0.15) is 153 Å². The summed E-state index contributed by atoms with van der Waals surface area (Å²) in [5, 5.41) is 0. The molecular formula is C50H62Br2O8. The standard InChI is InChI=1S/2C25H31BrO4/c2*1-22(2)16-9-11-24(18(22)13-16)14-20(25(30-24)12-10-19(27)23(25,3)4)29-21(28)15-5-7-17(26)8-6-15/h2*5-8,16,18,20H,9-14H2,1-4H3/t2*16-,18+,20+,24+,25-/m00/s1. The van der Waals surface area contributed by atoms with Gasteiger partial charge in [0.05, 0.1) is 33.2 Å². The molecule has 10 atom stereocenters. The van der Waals surface area contributed by atoms with Crippen molar-refractivity contribution in [1.82, 2.24) is 0 Å². The smallest absolute Gasteiger partial charge is 0.338 e. The van der Waals surface area contributed by atoms with E-state index in [1.165, 1.54) is 12.8 Å². The van der Waals surface area contributed by atoms with Crippen LogP contribution in [0.2, 0.25) is 0 Å². The molecule has 2 heterocycles. The number of hydrogen-bond acceptors (Lipinski definition) is 8. The van der Waals surface area contributed by atoms with Crippen molar-refractivity contribution in [2.75, 3.05) is 0 Å². The summed E-state index contributed by atoms with van der Waals surface area (Å²) in [6.45, 7) is 17.4. The van der Waals surface area contributed by atoms with Crippen LogP contribution in [-0.2, 0) is 28.5 Å². The van der Waals surface area contributed by atoms with E-state index in [-0.39, 0.29) is 45.5 Å². The second-order valence-electron chi connectivity index (χ2n) is 22.1. The van der Waals surface area contributed by atoms with E-state index in [4.69, 9.17) is 18.9 Å². The summed E-state index contributed by atoms with van der Waals surface area (Å²) in [4.78, 5) is 51.8. The molecule has 2 aromatic carbocycles. The molecule has 0 radical (unpaired) electrons. The zero-order valence-corrected chi connectivity index (χ0v) is 39.8. The Bertz CT molecular complexity index is 1950. The van der Waals surface area contributed by atoms with Crippen LogP contribution in [0.25, 0.3) is 0 Å². The van der Waals surface area contributed by atoms with Gasteiger partial charge in [0.25, 0.3) is 0 Å². The highest BCUT2D eigenvalue weighted by atomic mass is 79.9. The second-order valence-corrected chi connectivity index (χ2v) is 23.9. The van der Waals surface area contributed by atoms with Crippen LogP contribution in [0.5, 0.6) is 0 Å². The first-order valence-electron chi connectivity index (χ1n) is 22.4. The SMILES string of the molecule is CC1(C)[C@H]2CC[C@@]3(C[C@@H](OC(=O)c4ccc(Br)cc4)[C@]4(CCC(=O)C4(C)C)O3)[C@@H]1C2.CC1(C)[C@H]2CC[C@@]3(C[C@@H](OC(=O)c4ccc(Br)cc4)[C@]4(CCC(=O)C4(C)C)O3)[C@@H]1C2. The average molecular weight is 951 g/mol. The van der Waals surface area contributed by atoms with Gasteiger partial charge in [-0.3, -0.25) is 9.59 Å². The Balaban J connectivity index is 0.000000154. The molecule has 0 aromatic heterocycles. The zero-order valence-electron chi connectivity index (χ0n) is 36.6. The van der Waals surface area contributed by atoms with E-state index in [1.54, 1.807) is 24.3 Å². The lowest BCUT2D eigenvalue weighted by atomic mass is 9.43. The molecule has 4 bridgehead atoms. The van der Waals surface area contributed by atoms with E-state index in [1.807, 2.05) is 52.0 Å². The number of rotatable bonds is 4. The van der Waals surface area contributed by atoms with Gasteiger partial charge >= 0.3 is 11.9 Å². The molecule has 2 saturated heterocycles. The number of Topliss-reactive ketones (excluding diaryl/α,β-unsaturated/α-hetero) is 2. The van der Waals surface area contributed by atoms with Crippen LogP contribution in [0.15, 0.2) is 57.5 Å². The van der Waals surface area contributed by atoms with Crippen molar-refractivity contribution in [3.05, 3.63) is 68.6 Å². The van der Waals surface area contributed by atoms with Crippen LogP contribution >= 0.6 is 31.9 Å². The lowest BCUT2D eigenvalue weighted by Crippen LogP contribution is -2.62. The van der Waals surface area contributed by atoms with Gasteiger partial charge in [0.15, 0.2) is 0 Å². The average Bonchev–Trinajstić information content (AvgIpc) is 3.82. The third-order valence-electron chi connectivity index (χ3n) is 18.5. The molecule has 8 aliphatic carbocycles. The summed E-state index contributed by atoms with van der Waals surface area (Å²) in [6.07, 6.45) is 9.54. The number of esters is 2. The number of ketones is 2. The Hall–Kier alpha value is -2.40. The summed E-state index contributed by atoms with van der Waals surface area (Å²) in [6, 6.07) is 14.5. The lowest BCUT2D eigenvalue weighted by Gasteiger charge is -2.64. The topological polar surface area (TPSA) is 105 Å². The van der Waals surface area contributed by atoms with Crippen LogP contribution in [0.3, 0.4) is 0 Å². The van der Waals surface area contributed by atoms with Crippen molar-refractivity contribution < 1.29 is 38.1 Å². The number of carbonyl (C=O) groups excluding carboxylic acids is 4. The minimum absolute atomic E-state index is 0.214. The van der Waals surface area contributed by atoms with Gasteiger partial charge < -0.3 is 18.9 Å². The van der Waals surface area contributed by atoms with Crippen molar-refractivity contribution in [1.29, 1.82) is 0 Å². The maximum atomic E-state index is 13.1. The fourth-order valence-corrected chi connectivity index (χ4v) is 14.8. The Morgan fingerprint density at radius 2 is 0.917 bits per heavy atom. The van der Waals surface area contributed by atoms with Crippen molar-refractivity contribution in [3.63, 3.8) is 0 Å². The van der Waals surface area contributed by atoms with E-state index in [0.717, 1.165) is 46.5 Å². The van der Waals surface area contributed by atoms with Gasteiger partial charge in [-0.05, 0) is 162 Å². The van der Waals surface area contributed by atoms with Crippen molar-refractivity contribution in [2.45, 2.75) is 167 Å². The summed E-state index contributed by atoms with van der Waals surface area (Å²) < 4.78 is 28.4. The predicted octanol–water partition coefficient (Wildman–Crippen LogP) is 11.4. The molecule has 0 unspecified atom stereocenters. The molecule has 8 saturated carbocycles. The van der Waals surface area contributed by atoms with E-state index < -0.39 is 34.2 Å². The Kier molecular flexibility index (Phi) is 10.0. The quantitative estimate of drug-likeness (QED) is 0.279. The Morgan fingerprint density at radius 3 is 1.20 bits per heavy atom. The van der Waals surface area contributed by atoms with E-state index >= 15 is 0 Å². The van der Waals surface area contributed by atoms with Gasteiger partial charge in [0.2, 0.25) is 0 Å². The first kappa shape index (κ1) is 42.9. The van der Waals surface area contributed by atoms with Crippen LogP contribution in [0.4, 0.5) is 0 Å². The number of benzene rings is 2. The molecule has 10 aliphatic rings. The summed E-state index contributed by atoms with van der Waals surface area (Å²) in [5.41, 5.74) is -1.80. The third kappa shape index (κ3) is 6.04. The first-order chi connectivity index (χ1) is 28.0. The van der Waals surface area contributed by atoms with Gasteiger partial charge in [0.1, 0.15) is 35.0 Å². The largest absolute Gasteiger partial charge is 0.456 e. The second kappa shape index (κ2) is 14.0. The molecule has 0 N–H and O–H groups in total. The molecule has 324 valence electrons. The van der Waals surface area contributed by atoms with Crippen molar-refractivity contribution in [3.8, 4) is 0 Å². The molecule has 0 amide bonds. The minimum Gasteiger partial charge on any atom is -0.456 e. The van der Waals surface area contributed by atoms with Crippen molar-refractivity contribution >= 4 is 55.4 Å². The monoisotopic (exact) mass is 948 g/mol. The fourth-order valence-electron chi connectivity index (χ4n) is 14.3. The maximum absolute atomic E-state index is 13.1. The van der Waals surface area contributed by atoms with Gasteiger partial charge in [0, 0.05) is 34.6 Å². The fraction of sp³-hybridized carbons (Fsp3) is 0.680. The van der Waals surface area contributed by atoms with Crippen LogP contribution in [-0.4, -0.2) is 58.1 Å². The summed E-state index contributed by atoms with van der Waals surface area (Å²) in [7, 11) is 0. The number of carbonyl (C=O) groups is 4. The van der Waals surface area contributed by atoms with Gasteiger partial charge in [-0.2, -0.15) is 0 Å². The summed E-state index contributed by atoms with van der Waals surface area (Å²) in [5.74, 6) is 2.21. The molecule has 12 rings (SSSR count). The third-order valence-corrected chi connectivity index (χ3v) is 19.6. The summed E-state index contributed by atoms with van der Waals surface area (Å²) >= 11 is 6.83. The molecule has 4 spiro atoms. The van der Waals surface area contributed by atoms with Crippen LogP contribution < -0.4 is 0 Å². The molecule has 60 heavy (non-hydrogen) atoms. The zero-order chi connectivity index (χ0) is 43.1. The Morgan fingerprint density at radius 1 is 0.567 bits per heavy atom. The number of hydrogen-bond donors (Lipinski definition) is 0. The molecule has 10 heteroatoms. The molecule has 8 nitrogen and oxygen atoms in total. The molecule has 10 fully saturated rings. The van der Waals surface area contributed by atoms with Crippen LogP contribution in [0, 0.1) is 45.3 Å². The minimum atomic E-state index is -0.729. The highest BCUT2D eigenvalue weighted by Crippen LogP contribution is 2.71. The molecule has 2 aliphatic heterocycles. The molecular weight excluding hydrogens is 888 g/mol. The number of fused-ring (bicyclic) bond motifs is 2. The van der Waals surface area contributed by atoms with Gasteiger partial charge in [-0.15, -0.1) is 0 Å². The van der Waals surface area contributed by atoms with Gasteiger partial charge in [-0.25, -0.2) is 9.59 Å².